The van der Waals surface area contributed by atoms with E-state index < -0.39 is 29.2 Å². The predicted octanol–water partition coefficient (Wildman–Crippen LogP) is 3.20. The molecule has 0 radical (unpaired) electrons. The molecule has 1 saturated heterocycles. The first-order valence-electron chi connectivity index (χ1n) is 10.1. The third kappa shape index (κ3) is 8.10. The Morgan fingerprint density at radius 3 is 2.32 bits per heavy atom. The van der Waals surface area contributed by atoms with E-state index in [4.69, 9.17) is 4.74 Å². The van der Waals surface area contributed by atoms with Crippen LogP contribution < -0.4 is 10.6 Å². The molecule has 1 fully saturated rings. The molecule has 0 atom stereocenters. The second-order valence-electron chi connectivity index (χ2n) is 8.48. The van der Waals surface area contributed by atoms with Gasteiger partial charge in [0, 0.05) is 25.2 Å². The van der Waals surface area contributed by atoms with E-state index in [1.165, 1.54) is 6.07 Å². The number of hydrogen-bond acceptors (Lipinski definition) is 4. The van der Waals surface area contributed by atoms with Gasteiger partial charge in [0.25, 0.3) is 5.91 Å². The van der Waals surface area contributed by atoms with Crippen LogP contribution in [0, 0.1) is 5.92 Å². The van der Waals surface area contributed by atoms with Crippen LogP contribution in [0.2, 0.25) is 0 Å². The van der Waals surface area contributed by atoms with E-state index in [0.29, 0.717) is 32.5 Å². The smallest absolute Gasteiger partial charge is 0.416 e. The highest BCUT2D eigenvalue weighted by atomic mass is 19.4. The van der Waals surface area contributed by atoms with Gasteiger partial charge in [-0.05, 0) is 57.7 Å². The standard InChI is InChI=1S/C21H28F3N3O4/c1-20(2,3)31-19(30)27-9-7-14(8-10-27)12-25-17(28)13-26-18(29)15-5-4-6-16(11-15)21(22,23)24/h4-6,11,14H,7-10,12-13H2,1-3H3,(H,25,28)(H,26,29). The van der Waals surface area contributed by atoms with E-state index in [1.807, 2.05) is 0 Å². The highest BCUT2D eigenvalue weighted by Crippen LogP contribution is 2.29. The zero-order valence-corrected chi connectivity index (χ0v) is 17.8. The van der Waals surface area contributed by atoms with Gasteiger partial charge in [-0.3, -0.25) is 9.59 Å². The SMILES string of the molecule is CC(C)(C)OC(=O)N1CCC(CNC(=O)CNC(=O)c2cccc(C(F)(F)F)c2)CC1. The third-order valence-electron chi connectivity index (χ3n) is 4.72. The molecule has 1 heterocycles. The molecule has 2 N–H and O–H groups in total. The number of halogens is 3. The van der Waals surface area contributed by atoms with Gasteiger partial charge in [-0.2, -0.15) is 13.2 Å². The zero-order chi connectivity index (χ0) is 23.2. The first-order chi connectivity index (χ1) is 14.3. The van der Waals surface area contributed by atoms with Gasteiger partial charge in [-0.25, -0.2) is 4.79 Å². The Morgan fingerprint density at radius 1 is 1.10 bits per heavy atom. The molecular weight excluding hydrogens is 415 g/mol. The summed E-state index contributed by atoms with van der Waals surface area (Å²) in [6, 6.07) is 4.01. The highest BCUT2D eigenvalue weighted by molar-refractivity contribution is 5.96. The Morgan fingerprint density at radius 2 is 1.74 bits per heavy atom. The maximum absolute atomic E-state index is 12.7. The molecule has 0 bridgehead atoms. The van der Waals surface area contributed by atoms with Crippen LogP contribution in [0.1, 0.15) is 49.5 Å². The Bertz CT molecular complexity index is 798. The van der Waals surface area contributed by atoms with Crippen LogP contribution in [-0.4, -0.2) is 54.6 Å². The molecule has 1 aliphatic rings. The van der Waals surface area contributed by atoms with Crippen LogP contribution in [0.15, 0.2) is 24.3 Å². The first-order valence-corrected chi connectivity index (χ1v) is 10.1. The molecule has 1 aliphatic heterocycles. The lowest BCUT2D eigenvalue weighted by molar-refractivity contribution is -0.137. The van der Waals surface area contributed by atoms with Crippen molar-refractivity contribution in [3.05, 3.63) is 35.4 Å². The van der Waals surface area contributed by atoms with Gasteiger partial charge in [0.15, 0.2) is 0 Å². The van der Waals surface area contributed by atoms with Crippen molar-refractivity contribution in [1.29, 1.82) is 0 Å². The second kappa shape index (κ2) is 10.0. The molecule has 0 aromatic heterocycles. The molecule has 0 spiro atoms. The van der Waals surface area contributed by atoms with Crippen molar-refractivity contribution in [3.8, 4) is 0 Å². The number of nitrogens with zero attached hydrogens (tertiary/aromatic N) is 1. The fourth-order valence-electron chi connectivity index (χ4n) is 3.07. The van der Waals surface area contributed by atoms with E-state index in [0.717, 1.165) is 18.2 Å². The number of carbonyl (C=O) groups excluding carboxylic acids is 3. The number of piperidine rings is 1. The van der Waals surface area contributed by atoms with Crippen LogP contribution in [0.25, 0.3) is 0 Å². The summed E-state index contributed by atoms with van der Waals surface area (Å²) < 4.78 is 43.6. The Balaban J connectivity index is 1.71. The number of benzene rings is 1. The monoisotopic (exact) mass is 443 g/mol. The maximum atomic E-state index is 12.7. The molecule has 10 heteroatoms. The molecule has 31 heavy (non-hydrogen) atoms. The van der Waals surface area contributed by atoms with E-state index in [1.54, 1.807) is 25.7 Å². The quantitative estimate of drug-likeness (QED) is 0.732. The Kier molecular flexibility index (Phi) is 7.91. The normalized spacial score (nSPS) is 15.4. The van der Waals surface area contributed by atoms with Gasteiger partial charge < -0.3 is 20.3 Å². The van der Waals surface area contributed by atoms with Crippen molar-refractivity contribution >= 4 is 17.9 Å². The van der Waals surface area contributed by atoms with Crippen molar-refractivity contribution in [3.63, 3.8) is 0 Å². The minimum Gasteiger partial charge on any atom is -0.444 e. The molecule has 1 aromatic carbocycles. The molecule has 0 aliphatic carbocycles. The minimum absolute atomic E-state index is 0.169. The van der Waals surface area contributed by atoms with Crippen molar-refractivity contribution in [1.82, 2.24) is 15.5 Å². The van der Waals surface area contributed by atoms with Crippen molar-refractivity contribution in [2.45, 2.75) is 45.4 Å². The van der Waals surface area contributed by atoms with E-state index in [9.17, 15) is 27.6 Å². The fourth-order valence-corrected chi connectivity index (χ4v) is 3.07. The topological polar surface area (TPSA) is 87.7 Å². The summed E-state index contributed by atoms with van der Waals surface area (Å²) in [7, 11) is 0. The number of amides is 3. The van der Waals surface area contributed by atoms with Gasteiger partial charge in [0.1, 0.15) is 5.60 Å². The predicted molar refractivity (Wildman–Crippen MR) is 107 cm³/mol. The lowest BCUT2D eigenvalue weighted by Gasteiger charge is -2.33. The van der Waals surface area contributed by atoms with Crippen LogP contribution in [-0.2, 0) is 15.7 Å². The third-order valence-corrected chi connectivity index (χ3v) is 4.72. The summed E-state index contributed by atoms with van der Waals surface area (Å²) in [5, 5.41) is 5.03. The van der Waals surface area contributed by atoms with Gasteiger partial charge >= 0.3 is 12.3 Å². The molecule has 0 saturated carbocycles. The van der Waals surface area contributed by atoms with Gasteiger partial charge in [-0.1, -0.05) is 6.07 Å². The van der Waals surface area contributed by atoms with Crippen molar-refractivity contribution < 1.29 is 32.3 Å². The van der Waals surface area contributed by atoms with Crippen LogP contribution in [0.3, 0.4) is 0 Å². The van der Waals surface area contributed by atoms with Gasteiger partial charge in [0.2, 0.25) is 5.91 Å². The highest BCUT2D eigenvalue weighted by Gasteiger charge is 2.31. The summed E-state index contributed by atoms with van der Waals surface area (Å²) in [4.78, 5) is 37.7. The summed E-state index contributed by atoms with van der Waals surface area (Å²) in [6.07, 6.45) is -3.49. The van der Waals surface area contributed by atoms with Gasteiger partial charge in [-0.15, -0.1) is 0 Å². The number of nitrogens with one attached hydrogen (secondary N) is 2. The maximum Gasteiger partial charge on any atom is 0.416 e. The number of likely N-dealkylation sites (tertiary alicyclic amines) is 1. The average molecular weight is 443 g/mol. The average Bonchev–Trinajstić information content (AvgIpc) is 2.69. The summed E-state index contributed by atoms with van der Waals surface area (Å²) >= 11 is 0. The Hall–Kier alpha value is -2.78. The fraction of sp³-hybridized carbons (Fsp3) is 0.571. The van der Waals surface area contributed by atoms with Crippen LogP contribution in [0.4, 0.5) is 18.0 Å². The van der Waals surface area contributed by atoms with Crippen LogP contribution in [0.5, 0.6) is 0 Å². The summed E-state index contributed by atoms with van der Waals surface area (Å²) in [6.45, 7) is 6.52. The van der Waals surface area contributed by atoms with E-state index in [2.05, 4.69) is 10.6 Å². The molecule has 0 unspecified atom stereocenters. The lowest BCUT2D eigenvalue weighted by atomic mass is 9.97. The second-order valence-corrected chi connectivity index (χ2v) is 8.48. The molecule has 1 aromatic rings. The molecule has 2 rings (SSSR count). The number of hydrogen-bond donors (Lipinski definition) is 2. The number of alkyl halides is 3. The number of rotatable bonds is 5. The summed E-state index contributed by atoms with van der Waals surface area (Å²) in [5.41, 5.74) is -1.65. The number of carbonyl (C=O) groups is 3. The van der Waals surface area contributed by atoms with Crippen LogP contribution >= 0.6 is 0 Å². The Labute approximate surface area is 179 Å². The molecule has 172 valence electrons. The van der Waals surface area contributed by atoms with Crippen molar-refractivity contribution in [2.24, 2.45) is 5.92 Å². The lowest BCUT2D eigenvalue weighted by Crippen LogP contribution is -2.44. The van der Waals surface area contributed by atoms with Crippen molar-refractivity contribution in [2.75, 3.05) is 26.2 Å². The largest absolute Gasteiger partial charge is 0.444 e. The molecular formula is C21H28F3N3O4. The summed E-state index contributed by atoms with van der Waals surface area (Å²) in [5.74, 6) is -1.01. The minimum atomic E-state index is -4.55. The van der Waals surface area contributed by atoms with E-state index in [-0.39, 0.29) is 24.1 Å². The first kappa shape index (κ1) is 24.5. The molecule has 3 amide bonds. The zero-order valence-electron chi connectivity index (χ0n) is 17.8. The number of ether oxygens (including phenoxy) is 1. The van der Waals surface area contributed by atoms with E-state index >= 15 is 0 Å². The van der Waals surface area contributed by atoms with Gasteiger partial charge in [0.05, 0.1) is 12.1 Å². The molecule has 7 nitrogen and oxygen atoms in total.